The average Bonchev–Trinajstić information content (AvgIpc) is 3.42. The van der Waals surface area contributed by atoms with Crippen molar-refractivity contribution >= 4 is 58.3 Å². The molecule has 1 aromatic carbocycles. The van der Waals surface area contributed by atoms with Crippen LogP contribution in [0.1, 0.15) is 37.3 Å². The minimum atomic E-state index is -0.235. The molecule has 2 aromatic heterocycles. The number of aromatic nitrogens is 4. The van der Waals surface area contributed by atoms with Crippen LogP contribution >= 0.6 is 46.6 Å². The van der Waals surface area contributed by atoms with Crippen LogP contribution in [-0.4, -0.2) is 31.4 Å². The zero-order valence-electron chi connectivity index (χ0n) is 16.7. The number of carbonyl (C=O) groups excluding carboxylic acids is 1. The van der Waals surface area contributed by atoms with Gasteiger partial charge < -0.3 is 5.32 Å². The fraction of sp³-hybridized carbons (Fsp3) is 0.333. The van der Waals surface area contributed by atoms with Crippen LogP contribution in [0.25, 0.3) is 11.4 Å². The molecule has 0 saturated heterocycles. The molecule has 2 heterocycles. The molecular weight excluding hydrogens is 477 g/mol. The van der Waals surface area contributed by atoms with Crippen molar-refractivity contribution < 1.29 is 4.79 Å². The van der Waals surface area contributed by atoms with Crippen LogP contribution in [0.2, 0.25) is 15.1 Å². The molecule has 31 heavy (non-hydrogen) atoms. The van der Waals surface area contributed by atoms with E-state index in [9.17, 15) is 4.79 Å². The van der Waals surface area contributed by atoms with Crippen molar-refractivity contribution in [1.82, 2.24) is 19.7 Å². The second-order valence-corrected chi connectivity index (χ2v) is 9.46. The lowest BCUT2D eigenvalue weighted by Crippen LogP contribution is -2.16. The van der Waals surface area contributed by atoms with E-state index in [1.807, 2.05) is 24.3 Å². The first-order valence-electron chi connectivity index (χ1n) is 9.88. The van der Waals surface area contributed by atoms with Gasteiger partial charge >= 0.3 is 0 Å². The van der Waals surface area contributed by atoms with Gasteiger partial charge in [-0.2, -0.15) is 0 Å². The van der Waals surface area contributed by atoms with E-state index in [1.54, 1.807) is 6.92 Å². The highest BCUT2D eigenvalue weighted by Gasteiger charge is 2.26. The molecule has 0 unspecified atom stereocenters. The lowest BCUT2D eigenvalue weighted by atomic mass is 10.2. The SMILES string of the molecule is Cc1c(Cl)cnc(NC(=O)CSc2nnc(-c3ccccc3Cl)n2C2CCCC2)c1Cl. The molecule has 1 N–H and O–H groups in total. The topological polar surface area (TPSA) is 72.7 Å². The minimum absolute atomic E-state index is 0.146. The maximum Gasteiger partial charge on any atom is 0.236 e. The fourth-order valence-corrected chi connectivity index (χ4v) is 5.05. The summed E-state index contributed by atoms with van der Waals surface area (Å²) < 4.78 is 2.13. The highest BCUT2D eigenvalue weighted by Crippen LogP contribution is 2.38. The number of hydrogen-bond donors (Lipinski definition) is 1. The van der Waals surface area contributed by atoms with Crippen molar-refractivity contribution in [2.75, 3.05) is 11.1 Å². The quantitative estimate of drug-likeness (QED) is 0.397. The maximum absolute atomic E-state index is 12.6. The van der Waals surface area contributed by atoms with Crippen molar-refractivity contribution in [2.24, 2.45) is 0 Å². The molecule has 0 spiro atoms. The predicted octanol–water partition coefficient (Wildman–Crippen LogP) is 6.45. The van der Waals surface area contributed by atoms with Gasteiger partial charge in [-0.25, -0.2) is 4.98 Å². The van der Waals surface area contributed by atoms with Gasteiger partial charge in [0.25, 0.3) is 0 Å². The van der Waals surface area contributed by atoms with E-state index < -0.39 is 0 Å². The van der Waals surface area contributed by atoms with Gasteiger partial charge in [0.05, 0.1) is 20.8 Å². The Labute approximate surface area is 199 Å². The Kier molecular flexibility index (Phi) is 7.06. The molecular formula is C21H20Cl3N5OS. The van der Waals surface area contributed by atoms with Crippen LogP contribution < -0.4 is 5.32 Å². The highest BCUT2D eigenvalue weighted by atomic mass is 35.5. The van der Waals surface area contributed by atoms with Crippen molar-refractivity contribution in [3.63, 3.8) is 0 Å². The summed E-state index contributed by atoms with van der Waals surface area (Å²) in [6, 6.07) is 7.90. The van der Waals surface area contributed by atoms with Crippen molar-refractivity contribution in [3.05, 3.63) is 51.1 Å². The summed E-state index contributed by atoms with van der Waals surface area (Å²) in [6.45, 7) is 1.77. The largest absolute Gasteiger partial charge is 0.309 e. The summed E-state index contributed by atoms with van der Waals surface area (Å²) in [6.07, 6.45) is 5.90. The molecule has 6 nitrogen and oxygen atoms in total. The van der Waals surface area contributed by atoms with E-state index in [1.165, 1.54) is 18.0 Å². The summed E-state index contributed by atoms with van der Waals surface area (Å²) in [4.78, 5) is 16.7. The number of benzene rings is 1. The van der Waals surface area contributed by atoms with E-state index in [0.717, 1.165) is 37.1 Å². The first-order chi connectivity index (χ1) is 15.0. The van der Waals surface area contributed by atoms with E-state index in [0.29, 0.717) is 37.6 Å². The molecule has 0 aliphatic heterocycles. The van der Waals surface area contributed by atoms with Gasteiger partial charge in [0.2, 0.25) is 5.91 Å². The molecule has 1 aliphatic carbocycles. The summed E-state index contributed by atoms with van der Waals surface area (Å²) in [5.41, 5.74) is 1.51. The van der Waals surface area contributed by atoms with Gasteiger partial charge in [0.1, 0.15) is 0 Å². The lowest BCUT2D eigenvalue weighted by Gasteiger charge is -2.17. The first kappa shape index (κ1) is 22.4. The Bertz CT molecular complexity index is 1110. The monoisotopic (exact) mass is 495 g/mol. The standard InChI is InChI=1S/C21H20Cl3N5OS/c1-12-16(23)10-25-19(18(12)24)26-17(30)11-31-21-28-27-20(14-8-4-5-9-15(14)22)29(21)13-6-2-3-7-13/h4-5,8-10,13H,2-3,6-7,11H2,1H3,(H,25,26,30). The minimum Gasteiger partial charge on any atom is -0.309 e. The Morgan fingerprint density at radius 2 is 1.90 bits per heavy atom. The molecule has 1 amide bonds. The molecule has 1 fully saturated rings. The van der Waals surface area contributed by atoms with E-state index >= 15 is 0 Å². The highest BCUT2D eigenvalue weighted by molar-refractivity contribution is 7.99. The normalized spacial score (nSPS) is 14.2. The van der Waals surface area contributed by atoms with Gasteiger partial charge in [-0.05, 0) is 37.5 Å². The number of carbonyl (C=O) groups is 1. The van der Waals surface area contributed by atoms with Crippen molar-refractivity contribution in [2.45, 2.75) is 43.8 Å². The van der Waals surface area contributed by atoms with Crippen molar-refractivity contribution in [3.8, 4) is 11.4 Å². The van der Waals surface area contributed by atoms with Crippen LogP contribution in [0.5, 0.6) is 0 Å². The molecule has 162 valence electrons. The van der Waals surface area contributed by atoms with Crippen LogP contribution in [-0.2, 0) is 4.79 Å². The number of nitrogens with one attached hydrogen (secondary N) is 1. The average molecular weight is 497 g/mol. The second kappa shape index (κ2) is 9.77. The van der Waals surface area contributed by atoms with Gasteiger partial charge in [0.15, 0.2) is 16.8 Å². The number of pyridine rings is 1. The second-order valence-electron chi connectivity index (χ2n) is 7.32. The van der Waals surface area contributed by atoms with E-state index in [-0.39, 0.29) is 11.7 Å². The molecule has 3 aromatic rings. The number of halogens is 3. The predicted molar refractivity (Wildman–Crippen MR) is 126 cm³/mol. The first-order valence-corrected chi connectivity index (χ1v) is 12.0. The number of rotatable bonds is 6. The van der Waals surface area contributed by atoms with Crippen LogP contribution in [0.15, 0.2) is 35.6 Å². The molecule has 0 radical (unpaired) electrons. The Balaban J connectivity index is 1.54. The lowest BCUT2D eigenvalue weighted by molar-refractivity contribution is -0.113. The third kappa shape index (κ3) is 4.85. The summed E-state index contributed by atoms with van der Waals surface area (Å²) in [5, 5.41) is 13.7. The van der Waals surface area contributed by atoms with Gasteiger partial charge in [0, 0.05) is 17.8 Å². The third-order valence-corrected chi connectivity index (χ3v) is 7.38. The number of amides is 1. The van der Waals surface area contributed by atoms with Crippen LogP contribution in [0.3, 0.4) is 0 Å². The summed E-state index contributed by atoms with van der Waals surface area (Å²) in [7, 11) is 0. The van der Waals surface area contributed by atoms with Crippen molar-refractivity contribution in [1.29, 1.82) is 0 Å². The van der Waals surface area contributed by atoms with Gasteiger partial charge in [-0.3, -0.25) is 9.36 Å². The number of anilines is 1. The zero-order valence-corrected chi connectivity index (χ0v) is 19.8. The Morgan fingerprint density at radius 3 is 2.65 bits per heavy atom. The van der Waals surface area contributed by atoms with Crippen LogP contribution in [0, 0.1) is 6.92 Å². The maximum atomic E-state index is 12.6. The third-order valence-electron chi connectivity index (χ3n) is 5.26. The summed E-state index contributed by atoms with van der Waals surface area (Å²) in [5.74, 6) is 0.940. The smallest absolute Gasteiger partial charge is 0.236 e. The molecule has 10 heteroatoms. The number of nitrogens with zero attached hydrogens (tertiary/aromatic N) is 4. The van der Waals surface area contributed by atoms with Crippen LogP contribution in [0.4, 0.5) is 5.82 Å². The molecule has 1 saturated carbocycles. The fourth-order valence-electron chi connectivity index (χ4n) is 3.64. The zero-order chi connectivity index (χ0) is 22.0. The molecule has 0 atom stereocenters. The molecule has 1 aliphatic rings. The van der Waals surface area contributed by atoms with E-state index in [2.05, 4.69) is 25.1 Å². The number of hydrogen-bond acceptors (Lipinski definition) is 5. The van der Waals surface area contributed by atoms with E-state index in [4.69, 9.17) is 34.8 Å². The Hall–Kier alpha value is -1.80. The van der Waals surface area contributed by atoms with Gasteiger partial charge in [-0.1, -0.05) is 71.5 Å². The molecule has 4 rings (SSSR count). The Morgan fingerprint density at radius 1 is 1.16 bits per heavy atom. The molecule has 0 bridgehead atoms. The summed E-state index contributed by atoms with van der Waals surface area (Å²) >= 11 is 20.0. The number of thioether (sulfide) groups is 1. The van der Waals surface area contributed by atoms with Gasteiger partial charge in [-0.15, -0.1) is 10.2 Å².